The Balaban J connectivity index is 2.27. The lowest BCUT2D eigenvalue weighted by atomic mass is 10.3. The van der Waals surface area contributed by atoms with Crippen LogP contribution in [0.1, 0.15) is 0 Å². The van der Waals surface area contributed by atoms with Crippen molar-refractivity contribution in [3.05, 3.63) is 66.9 Å². The van der Waals surface area contributed by atoms with Gasteiger partial charge in [0.15, 0.2) is 0 Å². The number of nitrogens with zero attached hydrogens (tertiary/aromatic N) is 1. The molecular weight excluding hydrogens is 246 g/mol. The molecule has 90 valence electrons. The molecule has 3 nitrogen and oxygen atoms in total. The Morgan fingerprint density at radius 1 is 0.889 bits per heavy atom. The van der Waals surface area contributed by atoms with Gasteiger partial charge in [-0.15, -0.1) is 12.1 Å². The highest BCUT2D eigenvalue weighted by Gasteiger charge is 2.12. The summed E-state index contributed by atoms with van der Waals surface area (Å²) in [5.74, 6) is 0. The van der Waals surface area contributed by atoms with Crippen LogP contribution in [0, 0.1) is 6.20 Å². The van der Waals surface area contributed by atoms with E-state index in [2.05, 4.69) is 6.20 Å². The first-order valence-electron chi connectivity index (χ1n) is 5.48. The molecule has 1 heterocycles. The van der Waals surface area contributed by atoms with Crippen LogP contribution in [0.15, 0.2) is 65.6 Å². The maximum atomic E-state index is 12.4. The predicted octanol–water partition coefficient (Wildman–Crippen LogP) is 2.68. The Hall–Kier alpha value is -2.07. The van der Waals surface area contributed by atoms with Crippen molar-refractivity contribution in [1.29, 1.82) is 0 Å². The molecule has 0 aliphatic carbocycles. The van der Waals surface area contributed by atoms with E-state index in [1.165, 1.54) is 3.97 Å². The predicted molar refractivity (Wildman–Crippen MR) is 69.8 cm³/mol. The van der Waals surface area contributed by atoms with E-state index < -0.39 is 10.0 Å². The molecule has 0 fully saturated rings. The summed E-state index contributed by atoms with van der Waals surface area (Å²) in [4.78, 5) is 0.266. The third-order valence-electron chi connectivity index (χ3n) is 2.77. The molecule has 0 radical (unpaired) electrons. The highest BCUT2D eigenvalue weighted by atomic mass is 32.2. The lowest BCUT2D eigenvalue weighted by molar-refractivity contribution is 0.589. The molecule has 0 saturated heterocycles. The first-order chi connectivity index (χ1) is 8.69. The lowest BCUT2D eigenvalue weighted by Crippen LogP contribution is -2.11. The van der Waals surface area contributed by atoms with Crippen molar-refractivity contribution in [1.82, 2.24) is 3.97 Å². The Morgan fingerprint density at radius 3 is 2.33 bits per heavy atom. The first kappa shape index (κ1) is 11.0. The zero-order chi connectivity index (χ0) is 12.6. The fourth-order valence-corrected chi connectivity index (χ4v) is 3.22. The highest BCUT2D eigenvalue weighted by Crippen LogP contribution is 2.21. The maximum Gasteiger partial charge on any atom is 0.246 e. The molecular formula is C14H10NO2S-. The number of aromatic nitrogens is 1. The summed E-state index contributed by atoms with van der Waals surface area (Å²) in [5, 5.41) is 0.858. The third-order valence-corrected chi connectivity index (χ3v) is 4.42. The van der Waals surface area contributed by atoms with Crippen molar-refractivity contribution < 1.29 is 8.42 Å². The average Bonchev–Trinajstić information content (AvgIpc) is 2.84. The molecule has 18 heavy (non-hydrogen) atoms. The van der Waals surface area contributed by atoms with Gasteiger partial charge in [-0.1, -0.05) is 42.0 Å². The molecule has 0 aliphatic heterocycles. The fraction of sp³-hybridized carbons (Fsp3) is 0. The van der Waals surface area contributed by atoms with Crippen LogP contribution in [0.2, 0.25) is 0 Å². The Kier molecular flexibility index (Phi) is 2.45. The summed E-state index contributed by atoms with van der Waals surface area (Å²) in [5.41, 5.74) is 0.640. The van der Waals surface area contributed by atoms with Gasteiger partial charge in [0, 0.05) is 0 Å². The minimum absolute atomic E-state index is 0.266. The minimum atomic E-state index is -3.56. The Bertz CT molecular complexity index is 789. The molecule has 3 aromatic rings. The van der Waals surface area contributed by atoms with Crippen LogP contribution in [0.4, 0.5) is 0 Å². The van der Waals surface area contributed by atoms with Crippen LogP contribution >= 0.6 is 0 Å². The van der Waals surface area contributed by atoms with Gasteiger partial charge in [-0.05, 0) is 12.1 Å². The quantitative estimate of drug-likeness (QED) is 0.661. The fourth-order valence-electron chi connectivity index (χ4n) is 1.89. The second kappa shape index (κ2) is 3.99. The second-order valence-corrected chi connectivity index (χ2v) is 5.70. The van der Waals surface area contributed by atoms with Gasteiger partial charge < -0.3 is 3.97 Å². The van der Waals surface area contributed by atoms with Crippen LogP contribution in [0.5, 0.6) is 0 Å². The molecule has 0 spiro atoms. The maximum absolute atomic E-state index is 12.4. The number of hydrogen-bond acceptors (Lipinski definition) is 2. The normalized spacial score (nSPS) is 11.8. The molecule has 4 heteroatoms. The summed E-state index contributed by atoms with van der Waals surface area (Å²) < 4.78 is 26.1. The van der Waals surface area contributed by atoms with Crippen LogP contribution in [0.25, 0.3) is 10.9 Å². The molecule has 0 amide bonds. The molecule has 2 aromatic carbocycles. The Labute approximate surface area is 105 Å². The van der Waals surface area contributed by atoms with Gasteiger partial charge in [-0.2, -0.15) is 11.5 Å². The summed E-state index contributed by atoms with van der Waals surface area (Å²) in [6.45, 7) is 0. The SMILES string of the molecule is O=S(=O)(c1ccccc1)n1[c-]cc2ccccc21. The van der Waals surface area contributed by atoms with Crippen molar-refractivity contribution in [3.63, 3.8) is 0 Å². The molecule has 0 atom stereocenters. The van der Waals surface area contributed by atoms with Crippen LogP contribution in [-0.4, -0.2) is 12.4 Å². The monoisotopic (exact) mass is 256 g/mol. The van der Waals surface area contributed by atoms with Crippen LogP contribution < -0.4 is 0 Å². The van der Waals surface area contributed by atoms with Gasteiger partial charge in [0.25, 0.3) is 0 Å². The summed E-state index contributed by atoms with van der Waals surface area (Å²) in [6.07, 6.45) is 2.78. The van der Waals surface area contributed by atoms with E-state index in [0.29, 0.717) is 5.52 Å². The average molecular weight is 256 g/mol. The molecule has 0 unspecified atom stereocenters. The Morgan fingerprint density at radius 2 is 1.56 bits per heavy atom. The van der Waals surface area contributed by atoms with Crippen molar-refractivity contribution in [3.8, 4) is 0 Å². The third kappa shape index (κ3) is 1.62. The lowest BCUT2D eigenvalue weighted by Gasteiger charge is -2.13. The van der Waals surface area contributed by atoms with E-state index in [0.717, 1.165) is 5.39 Å². The van der Waals surface area contributed by atoms with E-state index in [-0.39, 0.29) is 4.90 Å². The van der Waals surface area contributed by atoms with Crippen molar-refractivity contribution in [2.45, 2.75) is 4.90 Å². The molecule has 0 aliphatic rings. The summed E-state index contributed by atoms with van der Waals surface area (Å²) in [7, 11) is -3.56. The van der Waals surface area contributed by atoms with Gasteiger partial charge in [0.1, 0.15) is 0 Å². The van der Waals surface area contributed by atoms with E-state index in [1.807, 2.05) is 18.2 Å². The van der Waals surface area contributed by atoms with Crippen LogP contribution in [-0.2, 0) is 10.0 Å². The second-order valence-electron chi connectivity index (χ2n) is 3.91. The molecule has 0 N–H and O–H groups in total. The molecule has 0 bridgehead atoms. The van der Waals surface area contributed by atoms with Gasteiger partial charge in [0.2, 0.25) is 10.0 Å². The number of rotatable bonds is 2. The van der Waals surface area contributed by atoms with Crippen molar-refractivity contribution in [2.24, 2.45) is 0 Å². The standard InChI is InChI=1S/C14H10NO2S/c16-18(17,13-7-2-1-3-8-13)15-11-10-12-6-4-5-9-14(12)15/h1-10H/q-1. The smallest absolute Gasteiger partial charge is 0.246 e. The molecule has 1 aromatic heterocycles. The van der Waals surface area contributed by atoms with E-state index in [4.69, 9.17) is 0 Å². The number of hydrogen-bond donors (Lipinski definition) is 0. The first-order valence-corrected chi connectivity index (χ1v) is 6.92. The van der Waals surface area contributed by atoms with Crippen molar-refractivity contribution >= 4 is 20.9 Å². The largest absolute Gasteiger partial charge is 0.360 e. The van der Waals surface area contributed by atoms with Gasteiger partial charge in [0.05, 0.1) is 4.90 Å². The number of fused-ring (bicyclic) bond motifs is 1. The summed E-state index contributed by atoms with van der Waals surface area (Å²) in [6, 6.07) is 17.4. The van der Waals surface area contributed by atoms with Gasteiger partial charge in [-0.25, -0.2) is 8.42 Å². The van der Waals surface area contributed by atoms with Gasteiger partial charge in [-0.3, -0.25) is 0 Å². The van der Waals surface area contributed by atoms with Crippen molar-refractivity contribution in [2.75, 3.05) is 0 Å². The number of benzene rings is 2. The summed E-state index contributed by atoms with van der Waals surface area (Å²) >= 11 is 0. The zero-order valence-corrected chi connectivity index (χ0v) is 10.3. The zero-order valence-electron chi connectivity index (χ0n) is 9.45. The topological polar surface area (TPSA) is 39.1 Å². The highest BCUT2D eigenvalue weighted by molar-refractivity contribution is 7.90. The van der Waals surface area contributed by atoms with E-state index in [1.54, 1.807) is 42.5 Å². The van der Waals surface area contributed by atoms with Gasteiger partial charge >= 0.3 is 0 Å². The minimum Gasteiger partial charge on any atom is -0.360 e. The van der Waals surface area contributed by atoms with E-state index in [9.17, 15) is 8.42 Å². The molecule has 0 saturated carbocycles. The van der Waals surface area contributed by atoms with E-state index >= 15 is 0 Å². The number of para-hydroxylation sites is 1. The van der Waals surface area contributed by atoms with Crippen LogP contribution in [0.3, 0.4) is 0 Å². The molecule has 3 rings (SSSR count).